The van der Waals surface area contributed by atoms with E-state index in [0.29, 0.717) is 59.8 Å². The van der Waals surface area contributed by atoms with Crippen LogP contribution in [0.5, 0.6) is 17.2 Å². The van der Waals surface area contributed by atoms with Crippen LogP contribution in [0.25, 0.3) is 11.1 Å². The van der Waals surface area contributed by atoms with E-state index < -0.39 is 30.0 Å². The third-order valence-corrected chi connectivity index (χ3v) is 8.78. The summed E-state index contributed by atoms with van der Waals surface area (Å²) in [5, 5.41) is 9.00. The fraction of sp³-hybridized carbons (Fsp3) is 0.515. The number of esters is 1. The van der Waals surface area contributed by atoms with Crippen molar-refractivity contribution in [1.29, 1.82) is 0 Å². The summed E-state index contributed by atoms with van der Waals surface area (Å²) < 4.78 is 22.0. The molecule has 1 aliphatic rings. The van der Waals surface area contributed by atoms with Gasteiger partial charge in [0, 0.05) is 12.5 Å². The second kappa shape index (κ2) is 16.4. The molecule has 11 nitrogen and oxygen atoms in total. The Balaban J connectivity index is 2.18. The van der Waals surface area contributed by atoms with E-state index in [1.165, 1.54) is 27.2 Å². The zero-order chi connectivity index (χ0) is 33.3. The first-order chi connectivity index (χ1) is 21.5. The Morgan fingerprint density at radius 1 is 1.04 bits per heavy atom. The molecule has 0 fully saturated rings. The molecule has 0 heterocycles. The number of nitrogens with one attached hydrogen (secondary N) is 3. The van der Waals surface area contributed by atoms with E-state index in [2.05, 4.69) is 16.0 Å². The maximum atomic E-state index is 13.9. The van der Waals surface area contributed by atoms with Crippen LogP contribution < -0.4 is 35.6 Å². The summed E-state index contributed by atoms with van der Waals surface area (Å²) in [5.74, 6) is 0.665. The van der Waals surface area contributed by atoms with Crippen LogP contribution in [0.2, 0.25) is 0 Å². The van der Waals surface area contributed by atoms with Gasteiger partial charge in [-0.25, -0.2) is 4.79 Å². The van der Waals surface area contributed by atoms with Gasteiger partial charge in [-0.05, 0) is 72.1 Å². The Hall–Kier alpha value is -3.93. The zero-order valence-electron chi connectivity index (χ0n) is 27.3. The highest BCUT2D eigenvalue weighted by Gasteiger charge is 2.32. The molecular weight excluding hydrogens is 598 g/mol. The predicted octanol–water partition coefficient (Wildman–Crippen LogP) is 4.10. The number of thioether (sulfide) groups is 1. The number of methoxy groups -OCH3 is 4. The Kier molecular flexibility index (Phi) is 13.0. The Morgan fingerprint density at radius 3 is 2.33 bits per heavy atom. The second-order valence-electron chi connectivity index (χ2n) is 11.0. The molecule has 4 atom stereocenters. The number of amides is 2. The predicted molar refractivity (Wildman–Crippen MR) is 176 cm³/mol. The van der Waals surface area contributed by atoms with Crippen LogP contribution in [0.1, 0.15) is 57.2 Å². The third-order valence-electron chi connectivity index (χ3n) is 8.14. The van der Waals surface area contributed by atoms with Gasteiger partial charge in [0.1, 0.15) is 12.1 Å². The minimum absolute atomic E-state index is 0.184. The fourth-order valence-electron chi connectivity index (χ4n) is 5.58. The van der Waals surface area contributed by atoms with Crippen LogP contribution in [-0.2, 0) is 25.5 Å². The highest BCUT2D eigenvalue weighted by molar-refractivity contribution is 7.98. The Labute approximate surface area is 269 Å². The lowest BCUT2D eigenvalue weighted by atomic mass is 9.95. The van der Waals surface area contributed by atoms with Crippen molar-refractivity contribution in [2.24, 2.45) is 5.92 Å². The molecule has 2 aromatic carbocycles. The van der Waals surface area contributed by atoms with Gasteiger partial charge in [0.05, 0.1) is 40.2 Å². The Morgan fingerprint density at radius 2 is 1.76 bits per heavy atom. The minimum atomic E-state index is -0.816. The molecule has 2 amide bonds. The normalized spacial score (nSPS) is 15.6. The van der Waals surface area contributed by atoms with Crippen molar-refractivity contribution in [2.75, 3.05) is 45.8 Å². The average molecular weight is 644 g/mol. The van der Waals surface area contributed by atoms with Crippen LogP contribution in [0.4, 0.5) is 5.69 Å². The summed E-state index contributed by atoms with van der Waals surface area (Å²) in [6, 6.07) is 4.74. The summed E-state index contributed by atoms with van der Waals surface area (Å²) in [6.45, 7) is 5.29. The van der Waals surface area contributed by atoms with Crippen LogP contribution in [0.15, 0.2) is 29.1 Å². The molecule has 45 heavy (non-hydrogen) atoms. The van der Waals surface area contributed by atoms with Gasteiger partial charge in [0.25, 0.3) is 0 Å². The van der Waals surface area contributed by atoms with Crippen LogP contribution in [-0.4, -0.2) is 70.3 Å². The number of rotatable bonds is 14. The molecule has 0 saturated heterocycles. The smallest absolute Gasteiger partial charge is 0.328 e. The number of benzene rings is 1. The van der Waals surface area contributed by atoms with Gasteiger partial charge >= 0.3 is 5.97 Å². The molecule has 0 aliphatic heterocycles. The molecule has 3 rings (SSSR count). The summed E-state index contributed by atoms with van der Waals surface area (Å²) >= 11 is 1.56. The number of hydrogen-bond donors (Lipinski definition) is 3. The molecule has 0 saturated carbocycles. The van der Waals surface area contributed by atoms with Gasteiger partial charge in [-0.2, -0.15) is 11.8 Å². The van der Waals surface area contributed by atoms with E-state index in [0.717, 1.165) is 11.1 Å². The summed E-state index contributed by atoms with van der Waals surface area (Å²) in [7, 11) is 5.91. The van der Waals surface area contributed by atoms with Gasteiger partial charge in [0.15, 0.2) is 11.5 Å². The van der Waals surface area contributed by atoms with Gasteiger partial charge in [-0.3, -0.25) is 14.4 Å². The molecular formula is C33H45N3O8S. The number of fused-ring (bicyclic) bond motifs is 3. The average Bonchev–Trinajstić information content (AvgIpc) is 3.27. The molecule has 0 spiro atoms. The molecule has 1 aliphatic carbocycles. The SMILES string of the molecule is CC[C@H](C)[C@H](Nc1ccc2c(cc1=O)[C@@H](NC(C)=O)CCc1cc(OC)c(OC)c(OC)c1-2)C(=O)N[C@@H](CCSC)C(=O)OC. The van der Waals surface area contributed by atoms with E-state index in [1.807, 2.05) is 26.2 Å². The highest BCUT2D eigenvalue weighted by Crippen LogP contribution is 2.50. The number of hydrogen-bond acceptors (Lipinski definition) is 10. The molecule has 2 aromatic rings. The highest BCUT2D eigenvalue weighted by atomic mass is 32.2. The third kappa shape index (κ3) is 8.22. The lowest BCUT2D eigenvalue weighted by Crippen LogP contribution is -2.50. The summed E-state index contributed by atoms with van der Waals surface area (Å²) in [4.78, 5) is 52.1. The number of aryl methyl sites for hydroxylation is 1. The van der Waals surface area contributed by atoms with Crippen molar-refractivity contribution in [3.63, 3.8) is 0 Å². The van der Waals surface area contributed by atoms with Crippen molar-refractivity contribution in [1.82, 2.24) is 10.6 Å². The van der Waals surface area contributed by atoms with Gasteiger partial charge in [0.2, 0.25) is 23.0 Å². The lowest BCUT2D eigenvalue weighted by molar-refractivity contribution is -0.145. The monoisotopic (exact) mass is 643 g/mol. The van der Waals surface area contributed by atoms with E-state index in [-0.39, 0.29) is 22.9 Å². The maximum absolute atomic E-state index is 13.9. The minimum Gasteiger partial charge on any atom is -0.493 e. The van der Waals surface area contributed by atoms with Gasteiger partial charge < -0.3 is 34.9 Å². The van der Waals surface area contributed by atoms with Gasteiger partial charge in [-0.1, -0.05) is 26.3 Å². The summed E-state index contributed by atoms with van der Waals surface area (Å²) in [6.07, 6.45) is 4.06. The van der Waals surface area contributed by atoms with E-state index in [4.69, 9.17) is 18.9 Å². The molecule has 246 valence electrons. The van der Waals surface area contributed by atoms with Crippen LogP contribution in [0.3, 0.4) is 0 Å². The molecule has 0 radical (unpaired) electrons. The summed E-state index contributed by atoms with van der Waals surface area (Å²) in [5.41, 5.74) is 2.76. The van der Waals surface area contributed by atoms with Crippen molar-refractivity contribution in [3.05, 3.63) is 45.6 Å². The number of ether oxygens (including phenoxy) is 4. The lowest BCUT2D eigenvalue weighted by Gasteiger charge is -2.26. The first kappa shape index (κ1) is 35.5. The quantitative estimate of drug-likeness (QED) is 0.258. The van der Waals surface area contributed by atoms with Crippen molar-refractivity contribution in [2.45, 2.75) is 64.6 Å². The number of anilines is 1. The van der Waals surface area contributed by atoms with E-state index in [1.54, 1.807) is 38.1 Å². The van der Waals surface area contributed by atoms with Crippen molar-refractivity contribution in [3.8, 4) is 28.4 Å². The molecule has 0 bridgehead atoms. The van der Waals surface area contributed by atoms with Crippen LogP contribution >= 0.6 is 11.8 Å². The molecule has 0 aromatic heterocycles. The largest absolute Gasteiger partial charge is 0.493 e. The van der Waals surface area contributed by atoms with Crippen molar-refractivity contribution >= 4 is 35.2 Å². The standard InChI is InChI=1S/C33H45N3O8S/c1-9-18(2)29(32(39)36-25(14-15-45-8)33(40)44-7)35-24-13-11-21-22(17-26(24)38)23(34-19(3)37)12-10-20-16-27(41-4)30(42-5)31(43-6)28(20)21/h11,13,16-18,23,25,29H,9-10,12,14-15H2,1-8H3,(H,34,37)(H,35,38)(H,36,39)/t18-,23-,25-,29-/m0/s1. The zero-order valence-corrected chi connectivity index (χ0v) is 28.1. The van der Waals surface area contributed by atoms with Gasteiger partial charge in [-0.15, -0.1) is 0 Å². The number of carbonyl (C=O) groups excluding carboxylic acids is 3. The second-order valence-corrected chi connectivity index (χ2v) is 12.0. The first-order valence-electron chi connectivity index (χ1n) is 15.0. The van der Waals surface area contributed by atoms with E-state index >= 15 is 0 Å². The number of carbonyl (C=O) groups is 3. The van der Waals surface area contributed by atoms with Crippen LogP contribution in [0, 0.1) is 5.92 Å². The fourth-order valence-corrected chi connectivity index (χ4v) is 6.06. The van der Waals surface area contributed by atoms with E-state index in [9.17, 15) is 19.2 Å². The first-order valence-corrected chi connectivity index (χ1v) is 16.4. The topological polar surface area (TPSA) is 141 Å². The molecule has 0 unspecified atom stereocenters. The Bertz CT molecular complexity index is 1450. The molecule has 12 heteroatoms. The maximum Gasteiger partial charge on any atom is 0.328 e. The van der Waals surface area contributed by atoms with Crippen molar-refractivity contribution < 1.29 is 33.3 Å². The molecule has 3 N–H and O–H groups in total.